The second kappa shape index (κ2) is 6.04. The summed E-state index contributed by atoms with van der Waals surface area (Å²) in [5.74, 6) is 1.72. The van der Waals surface area contributed by atoms with Gasteiger partial charge in [-0.3, -0.25) is 0 Å². The molecule has 0 aromatic heterocycles. The van der Waals surface area contributed by atoms with E-state index < -0.39 is 0 Å². The molecule has 0 amide bonds. The molecular formula is C21H18Hf. The van der Waals surface area contributed by atoms with Gasteiger partial charge in [0.05, 0.1) is 0 Å². The first-order chi connectivity index (χ1) is 10.9. The van der Waals surface area contributed by atoms with Crippen molar-refractivity contribution >= 4 is 15.9 Å². The van der Waals surface area contributed by atoms with E-state index in [1.54, 1.807) is 0 Å². The molecule has 2 unspecified atom stereocenters. The first kappa shape index (κ1) is 14.3. The van der Waals surface area contributed by atoms with Gasteiger partial charge >= 0.3 is 147 Å². The molecule has 0 saturated carbocycles. The summed E-state index contributed by atoms with van der Waals surface area (Å²) in [5.41, 5.74) is 5.82. The minimum atomic E-state index is 0.544. The molecule has 0 bridgehead atoms. The first-order valence-corrected chi connectivity index (χ1v) is 9.99. The molecule has 0 radical (unpaired) electrons. The van der Waals surface area contributed by atoms with Gasteiger partial charge in [0, 0.05) is 0 Å². The molecule has 0 spiro atoms. The van der Waals surface area contributed by atoms with E-state index in [2.05, 4.69) is 76.6 Å². The van der Waals surface area contributed by atoms with E-state index in [1.807, 2.05) is 0 Å². The number of fused-ring (bicyclic) bond motifs is 2. The van der Waals surface area contributed by atoms with E-state index in [-0.39, 0.29) is 0 Å². The van der Waals surface area contributed by atoms with Gasteiger partial charge in [-0.1, -0.05) is 0 Å². The van der Waals surface area contributed by atoms with Gasteiger partial charge in [0.2, 0.25) is 0 Å². The molecule has 2 atom stereocenters. The zero-order valence-corrected chi connectivity index (χ0v) is 16.0. The van der Waals surface area contributed by atoms with Crippen LogP contribution in [0.2, 0.25) is 0 Å². The van der Waals surface area contributed by atoms with Crippen molar-refractivity contribution in [1.29, 1.82) is 0 Å². The molecule has 1 heteroatoms. The van der Waals surface area contributed by atoms with Crippen LogP contribution in [0.4, 0.5) is 0 Å². The van der Waals surface area contributed by atoms with Crippen molar-refractivity contribution in [3.8, 4) is 0 Å². The van der Waals surface area contributed by atoms with E-state index in [9.17, 15) is 0 Å². The molecule has 0 fully saturated rings. The predicted octanol–water partition coefficient (Wildman–Crippen LogP) is 4.96. The van der Waals surface area contributed by atoms with Crippen LogP contribution in [0.5, 0.6) is 0 Å². The molecule has 4 rings (SSSR count). The van der Waals surface area contributed by atoms with Crippen molar-refractivity contribution in [2.45, 2.75) is 18.3 Å². The van der Waals surface area contributed by atoms with E-state index in [1.165, 1.54) is 52.6 Å². The van der Waals surface area contributed by atoms with Gasteiger partial charge in [-0.25, -0.2) is 0 Å². The van der Waals surface area contributed by atoms with Gasteiger partial charge in [0.1, 0.15) is 0 Å². The Labute approximate surface area is 146 Å². The molecule has 22 heavy (non-hydrogen) atoms. The van der Waals surface area contributed by atoms with E-state index in [4.69, 9.17) is 0 Å². The van der Waals surface area contributed by atoms with Crippen LogP contribution in [-0.2, 0) is 23.9 Å². The van der Waals surface area contributed by atoms with Crippen LogP contribution in [0.1, 0.15) is 40.5 Å². The van der Waals surface area contributed by atoms with Gasteiger partial charge in [0.25, 0.3) is 0 Å². The minimum absolute atomic E-state index is 0.544. The summed E-state index contributed by atoms with van der Waals surface area (Å²) >= 11 is 1.17. The van der Waals surface area contributed by atoms with Crippen LogP contribution in [0, 0.1) is 5.92 Å². The molecule has 2 aliphatic rings. The van der Waals surface area contributed by atoms with Gasteiger partial charge in [-0.05, 0) is 0 Å². The van der Waals surface area contributed by atoms with Crippen LogP contribution in [0.15, 0.2) is 60.7 Å². The van der Waals surface area contributed by atoms with Crippen LogP contribution in [0.25, 0.3) is 12.2 Å². The average molecular weight is 449 g/mol. The van der Waals surface area contributed by atoms with Gasteiger partial charge < -0.3 is 0 Å². The Morgan fingerprint density at radius 1 is 0.818 bits per heavy atom. The number of hydrogen-bond donors (Lipinski definition) is 0. The van der Waals surface area contributed by atoms with Crippen LogP contribution in [-0.4, -0.2) is 3.76 Å². The number of benzene rings is 2. The standard InChI is InChI=1S/C21H18.Hf/c1-2-17(20-13-11-15-7-3-5-9-18(15)20)21-14-12-16-8-4-6-10-19(16)21;/h1,3-14,17,20-21H,2H2;. The summed E-state index contributed by atoms with van der Waals surface area (Å²) in [7, 11) is 0. The van der Waals surface area contributed by atoms with Crippen molar-refractivity contribution in [3.05, 3.63) is 82.9 Å². The second-order valence-corrected chi connectivity index (χ2v) is 7.60. The molecule has 106 valence electrons. The topological polar surface area (TPSA) is 0 Å². The Morgan fingerprint density at radius 3 is 1.82 bits per heavy atom. The summed E-state index contributed by atoms with van der Waals surface area (Å²) in [6.45, 7) is 0. The number of hydrogen-bond acceptors (Lipinski definition) is 0. The third kappa shape index (κ3) is 2.36. The third-order valence-corrected chi connectivity index (χ3v) is 5.84. The first-order valence-electron chi connectivity index (χ1n) is 7.91. The average Bonchev–Trinajstić information content (AvgIpc) is 3.17. The van der Waals surface area contributed by atoms with Crippen LogP contribution in [0.3, 0.4) is 0 Å². The van der Waals surface area contributed by atoms with Crippen LogP contribution < -0.4 is 0 Å². The summed E-state index contributed by atoms with van der Waals surface area (Å²) in [4.78, 5) is 0. The Bertz CT molecular complexity index is 707. The van der Waals surface area contributed by atoms with Crippen molar-refractivity contribution in [1.82, 2.24) is 0 Å². The fourth-order valence-corrected chi connectivity index (χ4v) is 4.93. The molecule has 0 aliphatic heterocycles. The Hall–Kier alpha value is -1.34. The Balaban J connectivity index is 1.73. The summed E-state index contributed by atoms with van der Waals surface area (Å²) < 4.78 is 2.47. The quantitative estimate of drug-likeness (QED) is 0.580. The zero-order valence-electron chi connectivity index (χ0n) is 12.4. The van der Waals surface area contributed by atoms with E-state index in [0.29, 0.717) is 17.8 Å². The van der Waals surface area contributed by atoms with E-state index in [0.717, 1.165) is 0 Å². The molecule has 2 aromatic rings. The summed E-state index contributed by atoms with van der Waals surface area (Å²) in [6.07, 6.45) is 10.7. The Kier molecular flexibility index (Phi) is 3.92. The molecule has 0 heterocycles. The van der Waals surface area contributed by atoms with Crippen LogP contribution >= 0.6 is 0 Å². The number of rotatable bonds is 4. The zero-order chi connectivity index (χ0) is 14.9. The SMILES string of the molecule is [Hf]=[CH]CC(C1C=Cc2ccccc21)C1C=Cc2ccccc21. The van der Waals surface area contributed by atoms with Crippen molar-refractivity contribution in [3.63, 3.8) is 0 Å². The van der Waals surface area contributed by atoms with Crippen molar-refractivity contribution in [2.24, 2.45) is 5.92 Å². The van der Waals surface area contributed by atoms with Crippen molar-refractivity contribution in [2.75, 3.05) is 0 Å². The monoisotopic (exact) mass is 450 g/mol. The normalized spacial score (nSPS) is 22.3. The van der Waals surface area contributed by atoms with E-state index >= 15 is 0 Å². The molecular weight excluding hydrogens is 431 g/mol. The third-order valence-electron chi connectivity index (χ3n) is 4.99. The molecule has 0 nitrogen and oxygen atoms in total. The molecule has 2 aromatic carbocycles. The van der Waals surface area contributed by atoms with Crippen molar-refractivity contribution < 1.29 is 23.9 Å². The maximum absolute atomic E-state index is 2.47. The molecule has 2 aliphatic carbocycles. The van der Waals surface area contributed by atoms with Gasteiger partial charge in [-0.15, -0.1) is 0 Å². The maximum atomic E-state index is 2.47. The second-order valence-electron chi connectivity index (χ2n) is 6.13. The summed E-state index contributed by atoms with van der Waals surface area (Å²) in [5, 5.41) is 0. The summed E-state index contributed by atoms with van der Waals surface area (Å²) in [6, 6.07) is 17.7. The fourth-order valence-electron chi connectivity index (χ4n) is 3.95. The predicted molar refractivity (Wildman–Crippen MR) is 90.6 cm³/mol. The molecule has 0 saturated heterocycles. The molecule has 0 N–H and O–H groups in total. The van der Waals surface area contributed by atoms with Gasteiger partial charge in [0.15, 0.2) is 0 Å². The Morgan fingerprint density at radius 2 is 1.32 bits per heavy atom. The fraction of sp³-hybridized carbons (Fsp3) is 0.190. The number of allylic oxidation sites excluding steroid dienone is 2. The van der Waals surface area contributed by atoms with Gasteiger partial charge in [-0.2, -0.15) is 0 Å².